The number of amides is 2. The lowest BCUT2D eigenvalue weighted by Crippen LogP contribution is -2.33. The highest BCUT2D eigenvalue weighted by Gasteiger charge is 2.19. The van der Waals surface area contributed by atoms with Crippen molar-refractivity contribution in [2.75, 3.05) is 11.9 Å². The van der Waals surface area contributed by atoms with Gasteiger partial charge in [0.15, 0.2) is 0 Å². The lowest BCUT2D eigenvalue weighted by molar-refractivity contribution is -0.115. The number of carbonyl (C=O) groups excluding carboxylic acids is 2. The number of aromatic nitrogens is 4. The smallest absolute Gasteiger partial charge is 0.323 e. The molecule has 10 heteroatoms. The summed E-state index contributed by atoms with van der Waals surface area (Å²) in [6.45, 7) is 1.43. The van der Waals surface area contributed by atoms with Crippen molar-refractivity contribution in [1.29, 1.82) is 0 Å². The molecule has 2 aromatic heterocycles. The van der Waals surface area contributed by atoms with E-state index in [0.29, 0.717) is 22.4 Å². The number of benzene rings is 1. The Labute approximate surface area is 146 Å². The van der Waals surface area contributed by atoms with Crippen LogP contribution in [0.2, 0.25) is 5.15 Å². The highest BCUT2D eigenvalue weighted by Crippen LogP contribution is 2.18. The molecule has 0 aliphatic carbocycles. The van der Waals surface area contributed by atoms with Gasteiger partial charge in [-0.2, -0.15) is 5.10 Å². The Hall–Kier alpha value is -3.07. The zero-order valence-electron chi connectivity index (χ0n) is 13.4. The Morgan fingerprint density at radius 3 is 2.68 bits per heavy atom. The van der Waals surface area contributed by atoms with Crippen molar-refractivity contribution in [3.63, 3.8) is 0 Å². The van der Waals surface area contributed by atoms with Gasteiger partial charge in [-0.25, -0.2) is 4.79 Å². The summed E-state index contributed by atoms with van der Waals surface area (Å²) in [6, 6.07) is 4.93. The third-order valence-electron chi connectivity index (χ3n) is 3.59. The minimum Gasteiger partial charge on any atom is -0.343 e. The van der Waals surface area contributed by atoms with E-state index in [9.17, 15) is 14.4 Å². The highest BCUT2D eigenvalue weighted by molar-refractivity contribution is 6.33. The summed E-state index contributed by atoms with van der Waals surface area (Å²) in [7, 11) is 1.63. The quantitative estimate of drug-likeness (QED) is 0.550. The van der Waals surface area contributed by atoms with Crippen LogP contribution in [0.1, 0.15) is 16.1 Å². The van der Waals surface area contributed by atoms with Gasteiger partial charge in [-0.05, 0) is 25.1 Å². The van der Waals surface area contributed by atoms with E-state index in [1.165, 1.54) is 4.68 Å². The molecule has 9 nitrogen and oxygen atoms in total. The van der Waals surface area contributed by atoms with Crippen LogP contribution in [0.25, 0.3) is 11.0 Å². The highest BCUT2D eigenvalue weighted by atomic mass is 35.5. The third-order valence-corrected chi connectivity index (χ3v) is 4.02. The van der Waals surface area contributed by atoms with Crippen LogP contribution in [-0.4, -0.2) is 38.1 Å². The summed E-state index contributed by atoms with van der Waals surface area (Å²) in [5.41, 5.74) is 2.10. The van der Waals surface area contributed by atoms with Crippen LogP contribution in [0.15, 0.2) is 23.0 Å². The zero-order chi connectivity index (χ0) is 18.1. The first-order valence-electron chi connectivity index (χ1n) is 7.34. The predicted molar refractivity (Wildman–Crippen MR) is 92.8 cm³/mol. The first-order chi connectivity index (χ1) is 11.8. The molecule has 0 saturated carbocycles. The van der Waals surface area contributed by atoms with E-state index in [4.69, 9.17) is 11.6 Å². The summed E-state index contributed by atoms with van der Waals surface area (Å²) < 4.78 is 1.39. The van der Waals surface area contributed by atoms with Crippen molar-refractivity contribution in [2.45, 2.75) is 6.92 Å². The van der Waals surface area contributed by atoms with Crippen molar-refractivity contribution < 1.29 is 9.59 Å². The maximum atomic E-state index is 12.2. The van der Waals surface area contributed by atoms with Crippen molar-refractivity contribution >= 4 is 40.1 Å². The average molecular weight is 363 g/mol. The van der Waals surface area contributed by atoms with Gasteiger partial charge in [0.05, 0.1) is 28.8 Å². The molecule has 2 heterocycles. The van der Waals surface area contributed by atoms with Gasteiger partial charge in [0, 0.05) is 12.7 Å². The van der Waals surface area contributed by atoms with Crippen molar-refractivity contribution in [3.05, 3.63) is 45.1 Å². The van der Waals surface area contributed by atoms with Gasteiger partial charge in [-0.15, -0.1) is 0 Å². The SMILES string of the molecule is Cc1nn(C)c(Cl)c1C(=O)NCC(=O)Nc1ccc2[nH]c(=O)[nH]c2c1. The Morgan fingerprint density at radius 2 is 2.00 bits per heavy atom. The fourth-order valence-corrected chi connectivity index (χ4v) is 2.71. The minimum absolute atomic E-state index is 0.206. The molecule has 0 radical (unpaired) electrons. The van der Waals surface area contributed by atoms with E-state index in [1.807, 2.05) is 0 Å². The molecule has 0 spiro atoms. The standard InChI is InChI=1S/C15H15ClN6O3/c1-7-12(13(16)22(2)21-7)14(24)17-6-11(23)18-8-3-4-9-10(5-8)20-15(25)19-9/h3-5H,6H2,1-2H3,(H,17,24)(H,18,23)(H2,19,20,25). The molecule has 3 rings (SSSR count). The summed E-state index contributed by atoms with van der Waals surface area (Å²) in [4.78, 5) is 40.6. The Bertz CT molecular complexity index is 1030. The van der Waals surface area contributed by atoms with Crippen LogP contribution in [0.4, 0.5) is 5.69 Å². The number of nitrogens with zero attached hydrogens (tertiary/aromatic N) is 2. The lowest BCUT2D eigenvalue weighted by atomic mass is 10.2. The van der Waals surface area contributed by atoms with Crippen LogP contribution < -0.4 is 16.3 Å². The van der Waals surface area contributed by atoms with Crippen molar-refractivity contribution in [2.24, 2.45) is 7.05 Å². The fourth-order valence-electron chi connectivity index (χ4n) is 2.45. The molecular weight excluding hydrogens is 348 g/mol. The zero-order valence-corrected chi connectivity index (χ0v) is 14.2. The van der Waals surface area contributed by atoms with Crippen LogP contribution in [0.3, 0.4) is 0 Å². The van der Waals surface area contributed by atoms with Crippen LogP contribution >= 0.6 is 11.6 Å². The van der Waals surface area contributed by atoms with Gasteiger partial charge in [-0.1, -0.05) is 11.6 Å². The van der Waals surface area contributed by atoms with Gasteiger partial charge in [-0.3, -0.25) is 14.3 Å². The molecule has 1 aromatic carbocycles. The Balaban J connectivity index is 1.63. The molecule has 25 heavy (non-hydrogen) atoms. The molecule has 0 aliphatic rings. The predicted octanol–water partition coefficient (Wildman–Crippen LogP) is 0.920. The summed E-state index contributed by atoms with van der Waals surface area (Å²) in [6.07, 6.45) is 0. The van der Waals surface area contributed by atoms with Crippen LogP contribution in [0.5, 0.6) is 0 Å². The molecule has 0 aliphatic heterocycles. The normalized spacial score (nSPS) is 10.8. The van der Waals surface area contributed by atoms with Crippen molar-refractivity contribution in [3.8, 4) is 0 Å². The average Bonchev–Trinajstić information content (AvgIpc) is 3.03. The van der Waals surface area contributed by atoms with Gasteiger partial charge in [0.25, 0.3) is 5.91 Å². The molecule has 0 bridgehead atoms. The van der Waals surface area contributed by atoms with Gasteiger partial charge < -0.3 is 20.6 Å². The van der Waals surface area contributed by atoms with Gasteiger partial charge in [0.2, 0.25) is 5.91 Å². The Morgan fingerprint density at radius 1 is 1.28 bits per heavy atom. The number of carbonyl (C=O) groups is 2. The number of nitrogens with one attached hydrogen (secondary N) is 4. The minimum atomic E-state index is -0.476. The molecule has 0 fully saturated rings. The molecule has 0 saturated heterocycles. The fraction of sp³-hybridized carbons (Fsp3) is 0.200. The van der Waals surface area contributed by atoms with E-state index in [0.717, 1.165) is 0 Å². The van der Waals surface area contributed by atoms with E-state index in [2.05, 4.69) is 25.7 Å². The number of imidazole rings is 1. The molecule has 0 unspecified atom stereocenters. The number of fused-ring (bicyclic) bond motifs is 1. The molecule has 2 amide bonds. The topological polar surface area (TPSA) is 125 Å². The van der Waals surface area contributed by atoms with E-state index in [-0.39, 0.29) is 23.0 Å². The van der Waals surface area contributed by atoms with E-state index >= 15 is 0 Å². The second-order valence-corrected chi connectivity index (χ2v) is 5.80. The largest absolute Gasteiger partial charge is 0.343 e. The molecule has 0 atom stereocenters. The number of rotatable bonds is 4. The summed E-state index contributed by atoms with van der Waals surface area (Å²) in [5, 5.41) is 9.40. The lowest BCUT2D eigenvalue weighted by Gasteiger charge is -2.07. The Kier molecular flexibility index (Phi) is 4.32. The van der Waals surface area contributed by atoms with E-state index in [1.54, 1.807) is 32.2 Å². The monoisotopic (exact) mass is 362 g/mol. The second kappa shape index (κ2) is 6.44. The number of aryl methyl sites for hydroxylation is 2. The molecule has 130 valence electrons. The number of hydrogen-bond donors (Lipinski definition) is 4. The second-order valence-electron chi connectivity index (χ2n) is 5.45. The van der Waals surface area contributed by atoms with Gasteiger partial charge >= 0.3 is 5.69 Å². The number of halogens is 1. The van der Waals surface area contributed by atoms with Crippen LogP contribution in [0, 0.1) is 6.92 Å². The molecule has 4 N–H and O–H groups in total. The molecule has 3 aromatic rings. The number of anilines is 1. The third kappa shape index (κ3) is 3.41. The molecular formula is C15H15ClN6O3. The van der Waals surface area contributed by atoms with Gasteiger partial charge in [0.1, 0.15) is 5.15 Å². The number of hydrogen-bond acceptors (Lipinski definition) is 4. The first kappa shape index (κ1) is 16.8. The van der Waals surface area contributed by atoms with Crippen LogP contribution in [-0.2, 0) is 11.8 Å². The number of aromatic amines is 2. The first-order valence-corrected chi connectivity index (χ1v) is 7.72. The van der Waals surface area contributed by atoms with Crippen molar-refractivity contribution in [1.82, 2.24) is 25.1 Å². The number of H-pyrrole nitrogens is 2. The van der Waals surface area contributed by atoms with E-state index < -0.39 is 11.8 Å². The summed E-state index contributed by atoms with van der Waals surface area (Å²) in [5.74, 6) is -0.889. The summed E-state index contributed by atoms with van der Waals surface area (Å²) >= 11 is 6.02. The maximum Gasteiger partial charge on any atom is 0.323 e. The maximum absolute atomic E-state index is 12.2.